The first-order valence-corrected chi connectivity index (χ1v) is 19.6. The van der Waals surface area contributed by atoms with Gasteiger partial charge in [0.05, 0.1) is 0 Å². The SMILES string of the molecule is CC(C)(CCCN(CCC(C)(C)NC(=O)OC(C)(C)C)C(=O)OC1CCC2(C)C(=CCC3C4CCCC4(C)CCC32)C1)NC(=O)OC(C)(C)C. The first-order valence-electron chi connectivity index (χ1n) is 19.6. The van der Waals surface area contributed by atoms with E-state index in [1.807, 2.05) is 69.2 Å². The van der Waals surface area contributed by atoms with E-state index in [9.17, 15) is 14.4 Å². The van der Waals surface area contributed by atoms with Crippen molar-refractivity contribution in [3.63, 3.8) is 0 Å². The van der Waals surface area contributed by atoms with Crippen LogP contribution in [0.15, 0.2) is 11.6 Å². The molecule has 0 spiro atoms. The van der Waals surface area contributed by atoms with Crippen molar-refractivity contribution in [2.75, 3.05) is 13.1 Å². The fourth-order valence-electron chi connectivity index (χ4n) is 9.64. The number of nitrogens with one attached hydrogen (secondary N) is 2. The number of hydrogen-bond acceptors (Lipinski definition) is 6. The summed E-state index contributed by atoms with van der Waals surface area (Å²) in [5, 5.41) is 5.95. The molecule has 0 aromatic heterocycles. The van der Waals surface area contributed by atoms with Crippen LogP contribution in [0, 0.1) is 28.6 Å². The van der Waals surface area contributed by atoms with Gasteiger partial charge < -0.3 is 29.7 Å². The number of hydrogen-bond donors (Lipinski definition) is 2. The predicted molar refractivity (Wildman–Crippen MR) is 199 cm³/mol. The molecule has 9 nitrogen and oxygen atoms in total. The van der Waals surface area contributed by atoms with E-state index in [2.05, 4.69) is 30.6 Å². The van der Waals surface area contributed by atoms with Crippen LogP contribution < -0.4 is 10.6 Å². The smallest absolute Gasteiger partial charge is 0.410 e. The van der Waals surface area contributed by atoms with Crippen molar-refractivity contribution in [2.24, 2.45) is 28.6 Å². The van der Waals surface area contributed by atoms with Gasteiger partial charge in [0.15, 0.2) is 0 Å². The molecule has 4 aliphatic carbocycles. The molecule has 2 N–H and O–H groups in total. The number of alkyl carbamates (subject to hydrolysis) is 2. The van der Waals surface area contributed by atoms with Crippen LogP contribution in [0.5, 0.6) is 0 Å². The summed E-state index contributed by atoms with van der Waals surface area (Å²) in [6.07, 6.45) is 13.8. The summed E-state index contributed by atoms with van der Waals surface area (Å²) in [5.74, 6) is 2.40. The van der Waals surface area contributed by atoms with Gasteiger partial charge in [0.1, 0.15) is 17.3 Å². The van der Waals surface area contributed by atoms with E-state index < -0.39 is 34.5 Å². The molecule has 50 heavy (non-hydrogen) atoms. The van der Waals surface area contributed by atoms with Gasteiger partial charge in [-0.3, -0.25) is 0 Å². The number of carbonyl (C=O) groups is 3. The molecule has 0 radical (unpaired) electrons. The molecule has 3 saturated carbocycles. The third kappa shape index (κ3) is 10.6. The summed E-state index contributed by atoms with van der Waals surface area (Å²) in [6.45, 7) is 24.8. The Labute approximate surface area is 303 Å². The molecule has 9 heteroatoms. The molecular formula is C41H71N3O6. The predicted octanol–water partition coefficient (Wildman–Crippen LogP) is 9.92. The maximum absolute atomic E-state index is 13.9. The number of carbonyl (C=O) groups excluding carboxylic acids is 3. The summed E-state index contributed by atoms with van der Waals surface area (Å²) in [4.78, 5) is 40.8. The number of amides is 3. The number of allylic oxidation sites excluding steroid dienone is 1. The van der Waals surface area contributed by atoms with Crippen LogP contribution in [0.4, 0.5) is 14.4 Å². The van der Waals surface area contributed by atoms with Crippen LogP contribution in [-0.4, -0.2) is 64.7 Å². The molecule has 0 aliphatic heterocycles. The van der Waals surface area contributed by atoms with E-state index in [1.54, 1.807) is 4.90 Å². The van der Waals surface area contributed by atoms with E-state index in [0.717, 1.165) is 37.0 Å². The molecular weight excluding hydrogens is 630 g/mol. The highest BCUT2D eigenvalue weighted by molar-refractivity contribution is 5.69. The molecule has 3 amide bonds. The van der Waals surface area contributed by atoms with Gasteiger partial charge in [-0.2, -0.15) is 0 Å². The highest BCUT2D eigenvalue weighted by Crippen LogP contribution is 2.64. The molecule has 4 aliphatic rings. The molecule has 3 fully saturated rings. The summed E-state index contributed by atoms with van der Waals surface area (Å²) in [5.41, 5.74) is -0.0618. The maximum atomic E-state index is 13.9. The van der Waals surface area contributed by atoms with Crippen LogP contribution >= 0.6 is 0 Å². The minimum atomic E-state index is -0.607. The number of ether oxygens (including phenoxy) is 3. The van der Waals surface area contributed by atoms with Crippen molar-refractivity contribution in [2.45, 2.75) is 189 Å². The van der Waals surface area contributed by atoms with E-state index in [4.69, 9.17) is 14.2 Å². The summed E-state index contributed by atoms with van der Waals surface area (Å²) in [7, 11) is 0. The summed E-state index contributed by atoms with van der Waals surface area (Å²) >= 11 is 0. The minimum Gasteiger partial charge on any atom is -0.446 e. The Hall–Kier alpha value is -2.45. The highest BCUT2D eigenvalue weighted by atomic mass is 16.6. The maximum Gasteiger partial charge on any atom is 0.410 e. The topological polar surface area (TPSA) is 106 Å². The highest BCUT2D eigenvalue weighted by Gasteiger charge is 2.56. The Kier molecular flexibility index (Phi) is 12.0. The Bertz CT molecular complexity index is 1260. The Morgan fingerprint density at radius 2 is 1.38 bits per heavy atom. The average molecular weight is 702 g/mol. The third-order valence-electron chi connectivity index (χ3n) is 12.3. The van der Waals surface area contributed by atoms with Crippen molar-refractivity contribution in [1.29, 1.82) is 0 Å². The molecule has 0 bridgehead atoms. The van der Waals surface area contributed by atoms with Crippen LogP contribution in [0.1, 0.15) is 160 Å². The van der Waals surface area contributed by atoms with E-state index in [1.165, 1.54) is 44.1 Å². The van der Waals surface area contributed by atoms with Crippen molar-refractivity contribution in [3.8, 4) is 0 Å². The van der Waals surface area contributed by atoms with E-state index in [0.29, 0.717) is 37.8 Å². The second-order valence-electron chi connectivity index (χ2n) is 20.0. The molecule has 6 atom stereocenters. The monoisotopic (exact) mass is 702 g/mol. The third-order valence-corrected chi connectivity index (χ3v) is 12.3. The zero-order valence-corrected chi connectivity index (χ0v) is 33.7. The van der Waals surface area contributed by atoms with E-state index in [-0.39, 0.29) is 17.6 Å². The van der Waals surface area contributed by atoms with Crippen molar-refractivity contribution in [1.82, 2.24) is 15.5 Å². The molecule has 0 saturated heterocycles. The van der Waals surface area contributed by atoms with Crippen LogP contribution in [0.25, 0.3) is 0 Å². The van der Waals surface area contributed by atoms with Crippen LogP contribution in [0.3, 0.4) is 0 Å². The Morgan fingerprint density at radius 3 is 1.98 bits per heavy atom. The quantitative estimate of drug-likeness (QED) is 0.174. The van der Waals surface area contributed by atoms with Gasteiger partial charge in [-0.05, 0) is 162 Å². The normalized spacial score (nSPS) is 29.8. The molecule has 0 aromatic carbocycles. The van der Waals surface area contributed by atoms with Crippen molar-refractivity contribution in [3.05, 3.63) is 11.6 Å². The zero-order chi connectivity index (χ0) is 37.3. The van der Waals surface area contributed by atoms with Gasteiger partial charge in [0.25, 0.3) is 0 Å². The van der Waals surface area contributed by atoms with Gasteiger partial charge in [0.2, 0.25) is 0 Å². The number of nitrogens with zero attached hydrogens (tertiary/aromatic N) is 1. The van der Waals surface area contributed by atoms with Gasteiger partial charge in [-0.15, -0.1) is 0 Å². The lowest BCUT2D eigenvalue weighted by Crippen LogP contribution is -2.50. The standard InChI is InChI=1S/C41H71N3O6/c1-36(2,3)49-33(45)42-38(7,8)20-14-25-44(26-24-39(9,10)43-34(46)50-37(4,5)6)35(47)48-29-18-23-41(12)28(27-29)16-17-30-31-15-13-21-40(31,11)22-19-32(30)41/h16,29-32H,13-15,17-27H2,1-12H3,(H,42,45)(H,43,46). The first-order chi connectivity index (χ1) is 22.9. The summed E-state index contributed by atoms with van der Waals surface area (Å²) < 4.78 is 17.3. The second kappa shape index (κ2) is 14.9. The van der Waals surface area contributed by atoms with Crippen LogP contribution in [-0.2, 0) is 14.2 Å². The summed E-state index contributed by atoms with van der Waals surface area (Å²) in [6, 6.07) is 0. The second-order valence-corrected chi connectivity index (χ2v) is 20.0. The van der Waals surface area contributed by atoms with Gasteiger partial charge in [0, 0.05) is 30.6 Å². The van der Waals surface area contributed by atoms with Crippen LogP contribution in [0.2, 0.25) is 0 Å². The zero-order valence-electron chi connectivity index (χ0n) is 33.7. The number of rotatable bonds is 10. The lowest BCUT2D eigenvalue weighted by Gasteiger charge is -2.57. The fourth-order valence-corrected chi connectivity index (χ4v) is 9.64. The minimum absolute atomic E-state index is 0.139. The van der Waals surface area contributed by atoms with Crippen molar-refractivity contribution < 1.29 is 28.6 Å². The molecule has 0 heterocycles. The van der Waals surface area contributed by atoms with Gasteiger partial charge >= 0.3 is 18.3 Å². The Morgan fingerprint density at radius 1 is 0.780 bits per heavy atom. The molecule has 4 rings (SSSR count). The van der Waals surface area contributed by atoms with Gasteiger partial charge in [-0.1, -0.05) is 31.9 Å². The molecule has 286 valence electrons. The lowest BCUT2D eigenvalue weighted by molar-refractivity contribution is -0.0401. The average Bonchev–Trinajstić information content (AvgIpc) is 3.34. The number of fused-ring (bicyclic) bond motifs is 5. The molecule has 0 aromatic rings. The Balaban J connectivity index is 1.40. The first kappa shape index (κ1) is 40.3. The lowest BCUT2D eigenvalue weighted by atomic mass is 9.48. The fraction of sp³-hybridized carbons (Fsp3) is 0.878. The van der Waals surface area contributed by atoms with Gasteiger partial charge in [-0.25, -0.2) is 14.4 Å². The van der Waals surface area contributed by atoms with Crippen molar-refractivity contribution >= 4 is 18.3 Å². The molecule has 6 unspecified atom stereocenters. The largest absolute Gasteiger partial charge is 0.446 e. The van der Waals surface area contributed by atoms with E-state index >= 15 is 0 Å².